The molecule has 1 fully saturated rings. The molecule has 0 bridgehead atoms. The van der Waals surface area contributed by atoms with Crippen LogP contribution in [0.1, 0.15) is 25.7 Å². The second-order valence-corrected chi connectivity index (χ2v) is 8.95. The molecule has 1 aliphatic rings. The number of anilines is 1. The molecule has 1 amide bonds. The summed E-state index contributed by atoms with van der Waals surface area (Å²) < 4.78 is 66.4. The summed E-state index contributed by atoms with van der Waals surface area (Å²) in [6.45, 7) is 0.579. The molecule has 3 rings (SSSR count). The molecule has 29 heavy (non-hydrogen) atoms. The van der Waals surface area contributed by atoms with Crippen molar-refractivity contribution in [2.45, 2.75) is 30.6 Å². The van der Waals surface area contributed by atoms with Gasteiger partial charge in [-0.05, 0) is 55.5 Å². The quantitative estimate of drug-likeness (QED) is 0.761. The number of rotatable bonds is 6. The van der Waals surface area contributed by atoms with Gasteiger partial charge in [-0.3, -0.25) is 4.79 Å². The third-order valence-electron chi connectivity index (χ3n) is 4.99. The summed E-state index contributed by atoms with van der Waals surface area (Å²) in [6, 6.07) is 7.84. The monoisotopic (exact) mass is 426 g/mol. The molecule has 0 saturated carbocycles. The third-order valence-corrected chi connectivity index (χ3v) is 6.89. The average molecular weight is 426 g/mol. The fourth-order valence-electron chi connectivity index (χ4n) is 3.35. The van der Waals surface area contributed by atoms with Crippen molar-refractivity contribution >= 4 is 21.6 Å². The fourth-order valence-corrected chi connectivity index (χ4v) is 4.86. The Morgan fingerprint density at radius 1 is 1.03 bits per heavy atom. The number of nitrogens with one attached hydrogen (secondary N) is 1. The Labute approximate surface area is 167 Å². The minimum atomic E-state index is -3.75. The van der Waals surface area contributed by atoms with Gasteiger partial charge in [-0.25, -0.2) is 21.6 Å². The second kappa shape index (κ2) is 8.96. The lowest BCUT2D eigenvalue weighted by Gasteiger charge is -2.31. The lowest BCUT2D eigenvalue weighted by Crippen LogP contribution is -2.38. The molecule has 2 aromatic carbocycles. The first-order valence-electron chi connectivity index (χ1n) is 9.26. The summed E-state index contributed by atoms with van der Waals surface area (Å²) >= 11 is 0. The van der Waals surface area contributed by atoms with E-state index in [-0.39, 0.29) is 41.9 Å². The van der Waals surface area contributed by atoms with Crippen molar-refractivity contribution in [1.82, 2.24) is 4.31 Å². The molecule has 2 aromatic rings. The first kappa shape index (κ1) is 21.3. The highest BCUT2D eigenvalue weighted by atomic mass is 32.2. The van der Waals surface area contributed by atoms with Gasteiger partial charge < -0.3 is 5.32 Å². The molecule has 0 aliphatic carbocycles. The van der Waals surface area contributed by atoms with Crippen LogP contribution < -0.4 is 5.32 Å². The van der Waals surface area contributed by atoms with Gasteiger partial charge in [0, 0.05) is 25.6 Å². The van der Waals surface area contributed by atoms with Crippen molar-refractivity contribution in [2.75, 3.05) is 18.4 Å². The van der Waals surface area contributed by atoms with E-state index in [1.165, 1.54) is 28.6 Å². The Balaban J connectivity index is 1.49. The Bertz CT molecular complexity index is 990. The number of amides is 1. The van der Waals surface area contributed by atoms with E-state index in [2.05, 4.69) is 5.32 Å². The van der Waals surface area contributed by atoms with Gasteiger partial charge in [0.05, 0.1) is 10.6 Å². The molecule has 1 heterocycles. The minimum Gasteiger partial charge on any atom is -0.324 e. The first-order chi connectivity index (χ1) is 13.8. The van der Waals surface area contributed by atoms with Crippen molar-refractivity contribution in [3.63, 3.8) is 0 Å². The lowest BCUT2D eigenvalue weighted by molar-refractivity contribution is -0.116. The zero-order valence-corrected chi connectivity index (χ0v) is 16.4. The predicted octanol–water partition coefficient (Wildman–Crippen LogP) is 3.92. The normalized spacial score (nSPS) is 16.0. The largest absolute Gasteiger partial charge is 0.324 e. The van der Waals surface area contributed by atoms with Crippen molar-refractivity contribution in [1.29, 1.82) is 0 Å². The number of nitrogens with zero attached hydrogens (tertiary/aromatic N) is 1. The number of hydrogen-bond donors (Lipinski definition) is 1. The van der Waals surface area contributed by atoms with Gasteiger partial charge in [-0.1, -0.05) is 6.07 Å². The second-order valence-electron chi connectivity index (χ2n) is 7.02. The van der Waals surface area contributed by atoms with Crippen LogP contribution in [0.5, 0.6) is 0 Å². The maximum Gasteiger partial charge on any atom is 0.243 e. The van der Waals surface area contributed by atoms with Crippen LogP contribution in [0, 0.1) is 23.4 Å². The summed E-state index contributed by atoms with van der Waals surface area (Å²) in [5.74, 6) is -2.40. The molecular formula is C20H21F3N2O3S. The third kappa shape index (κ3) is 5.36. The molecule has 156 valence electrons. The number of carbonyl (C=O) groups excluding carboxylic acids is 1. The van der Waals surface area contributed by atoms with Crippen molar-refractivity contribution in [2.24, 2.45) is 5.92 Å². The number of halogens is 3. The summed E-state index contributed by atoms with van der Waals surface area (Å²) in [5.41, 5.74) is -0.0765. The van der Waals surface area contributed by atoms with Gasteiger partial charge in [0.1, 0.15) is 17.5 Å². The van der Waals surface area contributed by atoms with Gasteiger partial charge in [-0.15, -0.1) is 0 Å². The molecule has 0 atom stereocenters. The highest BCUT2D eigenvalue weighted by molar-refractivity contribution is 7.89. The van der Waals surface area contributed by atoms with Gasteiger partial charge in [0.2, 0.25) is 15.9 Å². The zero-order chi connectivity index (χ0) is 21.0. The van der Waals surface area contributed by atoms with E-state index in [1.54, 1.807) is 0 Å². The molecule has 9 heteroatoms. The van der Waals surface area contributed by atoms with Gasteiger partial charge in [-0.2, -0.15) is 4.31 Å². The average Bonchev–Trinajstić information content (AvgIpc) is 2.69. The predicted molar refractivity (Wildman–Crippen MR) is 102 cm³/mol. The number of benzene rings is 2. The topological polar surface area (TPSA) is 66.5 Å². The maximum atomic E-state index is 13.6. The SMILES string of the molecule is O=C(CCC1CCN(S(=O)(=O)c2cccc(F)c2)CC1)Nc1ccc(F)cc1F. The van der Waals surface area contributed by atoms with Gasteiger partial charge in [0.25, 0.3) is 0 Å². The summed E-state index contributed by atoms with van der Waals surface area (Å²) in [6.07, 6.45) is 1.83. The highest BCUT2D eigenvalue weighted by Crippen LogP contribution is 2.27. The summed E-state index contributed by atoms with van der Waals surface area (Å²) in [5, 5.41) is 2.41. The molecule has 0 unspecified atom stereocenters. The van der Waals surface area contributed by atoms with Crippen molar-refractivity contribution < 1.29 is 26.4 Å². The smallest absolute Gasteiger partial charge is 0.243 e. The molecule has 0 radical (unpaired) electrons. The van der Waals surface area contributed by atoms with Crippen LogP contribution in [0.15, 0.2) is 47.4 Å². The van der Waals surface area contributed by atoms with Crippen LogP contribution in [-0.4, -0.2) is 31.7 Å². The van der Waals surface area contributed by atoms with Crippen LogP contribution in [0.3, 0.4) is 0 Å². The number of piperidine rings is 1. The van der Waals surface area contributed by atoms with Crippen LogP contribution in [0.25, 0.3) is 0 Å². The number of carbonyl (C=O) groups is 1. The van der Waals surface area contributed by atoms with E-state index < -0.39 is 27.5 Å². The first-order valence-corrected chi connectivity index (χ1v) is 10.7. The zero-order valence-electron chi connectivity index (χ0n) is 15.6. The van der Waals surface area contributed by atoms with Gasteiger partial charge in [0.15, 0.2) is 0 Å². The molecule has 0 aromatic heterocycles. The van der Waals surface area contributed by atoms with E-state index in [9.17, 15) is 26.4 Å². The summed E-state index contributed by atoms with van der Waals surface area (Å²) in [4.78, 5) is 11.9. The Morgan fingerprint density at radius 3 is 2.38 bits per heavy atom. The molecular weight excluding hydrogens is 405 g/mol. The molecule has 0 spiro atoms. The van der Waals surface area contributed by atoms with Crippen LogP contribution in [0.4, 0.5) is 18.9 Å². The lowest BCUT2D eigenvalue weighted by atomic mass is 9.93. The van der Waals surface area contributed by atoms with Crippen molar-refractivity contribution in [3.8, 4) is 0 Å². The molecule has 1 saturated heterocycles. The van der Waals surface area contributed by atoms with Crippen LogP contribution >= 0.6 is 0 Å². The van der Waals surface area contributed by atoms with E-state index in [0.717, 1.165) is 12.1 Å². The summed E-state index contributed by atoms with van der Waals surface area (Å²) in [7, 11) is -3.75. The standard InChI is InChI=1S/C20H21F3N2O3S/c21-15-2-1-3-17(12-15)29(27,28)25-10-8-14(9-11-25)4-7-20(26)24-19-6-5-16(22)13-18(19)23/h1-3,5-6,12-14H,4,7-11H2,(H,24,26). The molecule has 1 aliphatic heterocycles. The number of hydrogen-bond acceptors (Lipinski definition) is 3. The molecule has 1 N–H and O–H groups in total. The Kier molecular flexibility index (Phi) is 6.59. The van der Waals surface area contributed by atoms with Crippen LogP contribution in [-0.2, 0) is 14.8 Å². The van der Waals surface area contributed by atoms with E-state index in [0.29, 0.717) is 25.3 Å². The van der Waals surface area contributed by atoms with E-state index >= 15 is 0 Å². The van der Waals surface area contributed by atoms with E-state index in [4.69, 9.17) is 0 Å². The van der Waals surface area contributed by atoms with Gasteiger partial charge >= 0.3 is 0 Å². The molecule has 5 nitrogen and oxygen atoms in total. The minimum absolute atomic E-state index is 0.0725. The van der Waals surface area contributed by atoms with E-state index in [1.807, 2.05) is 0 Å². The Hall–Kier alpha value is -2.39. The number of sulfonamides is 1. The maximum absolute atomic E-state index is 13.6. The van der Waals surface area contributed by atoms with Crippen molar-refractivity contribution in [3.05, 3.63) is 59.9 Å². The van der Waals surface area contributed by atoms with Crippen LogP contribution in [0.2, 0.25) is 0 Å². The Morgan fingerprint density at radius 2 is 1.72 bits per heavy atom. The fraction of sp³-hybridized carbons (Fsp3) is 0.350. The highest BCUT2D eigenvalue weighted by Gasteiger charge is 2.29.